The molecule has 1 rings (SSSR count). The first-order valence-corrected chi connectivity index (χ1v) is 2.70. The first-order valence-electron chi connectivity index (χ1n) is 1.63. The van der Waals surface area contributed by atoms with Crippen LogP contribution in [-0.2, 0) is 0 Å². The summed E-state index contributed by atoms with van der Waals surface area (Å²) in [7, 11) is 0. The van der Waals surface area contributed by atoms with Crippen molar-refractivity contribution >= 4 is 26.3 Å². The summed E-state index contributed by atoms with van der Waals surface area (Å²) in [4.78, 5) is 0. The minimum Gasteiger partial charge on any atom is -0.193 e. The average molecular weight is 195 g/mol. The number of halogens is 1. The third-order valence-corrected chi connectivity index (χ3v) is 1.16. The fourth-order valence-electron chi connectivity index (χ4n) is 0.280. The third-order valence-electron chi connectivity index (χ3n) is 0.518. The van der Waals surface area contributed by atoms with Crippen LogP contribution in [0.1, 0.15) is 0 Å². The Balaban J connectivity index is 2.68. The molecule has 0 saturated heterocycles. The molecule has 1 aliphatic rings. The molecular weight excluding hydrogens is 191 g/mol. The summed E-state index contributed by atoms with van der Waals surface area (Å²) in [5.41, 5.74) is 1.78. The summed E-state index contributed by atoms with van der Waals surface area (Å²) < 4.78 is 1.06. The lowest BCUT2D eigenvalue weighted by Gasteiger charge is -1.65. The van der Waals surface area contributed by atoms with E-state index in [9.17, 15) is 0 Å². The molecule has 1 aliphatic heterocycles. The molecule has 0 fully saturated rings. The highest BCUT2D eigenvalue weighted by Crippen LogP contribution is 1.89. The van der Waals surface area contributed by atoms with Crippen molar-refractivity contribution in [1.29, 1.82) is 0 Å². The van der Waals surface area contributed by atoms with E-state index >= 15 is 0 Å². The van der Waals surface area contributed by atoms with Crippen molar-refractivity contribution in [1.82, 2.24) is 0 Å². The van der Waals surface area contributed by atoms with Gasteiger partial charge in [-0.05, 0) is 22.6 Å². The maximum Gasteiger partial charge on any atom is 0.162 e. The van der Waals surface area contributed by atoms with Gasteiger partial charge in [-0.1, -0.05) is 5.10 Å². The molecule has 3 heteroatoms. The van der Waals surface area contributed by atoms with E-state index in [-0.39, 0.29) is 0 Å². The van der Waals surface area contributed by atoms with Gasteiger partial charge in [-0.25, -0.2) is 0 Å². The van der Waals surface area contributed by atoms with Crippen molar-refractivity contribution in [3.05, 3.63) is 12.3 Å². The van der Waals surface area contributed by atoms with E-state index in [1.807, 2.05) is 12.3 Å². The van der Waals surface area contributed by atoms with Gasteiger partial charge < -0.3 is 0 Å². The van der Waals surface area contributed by atoms with E-state index in [1.54, 1.807) is 5.43 Å². The van der Waals surface area contributed by atoms with Crippen LogP contribution in [0.5, 0.6) is 0 Å². The zero-order valence-electron chi connectivity index (χ0n) is 3.06. The predicted molar refractivity (Wildman–Crippen MR) is 32.5 cm³/mol. The zero-order chi connectivity index (χ0) is 4.41. The molecule has 0 atom stereocenters. The maximum atomic E-state index is 3.90. The van der Waals surface area contributed by atoms with Gasteiger partial charge in [-0.2, -0.15) is 5.43 Å². The number of hydrogen-bond donors (Lipinski definition) is 1. The molecule has 0 unspecified atom stereocenters. The van der Waals surface area contributed by atoms with Gasteiger partial charge in [0, 0.05) is 6.08 Å². The van der Waals surface area contributed by atoms with Gasteiger partial charge in [-0.15, -0.1) is 0 Å². The number of quaternary nitrogens is 1. The summed E-state index contributed by atoms with van der Waals surface area (Å²) >= 11 is 2.16. The van der Waals surface area contributed by atoms with Gasteiger partial charge in [-0.3, -0.25) is 0 Å². The molecular formula is C3H4IN2+. The van der Waals surface area contributed by atoms with Gasteiger partial charge in [0.1, 0.15) is 6.20 Å². The Labute approximate surface area is 49.5 Å². The summed E-state index contributed by atoms with van der Waals surface area (Å²) in [6, 6.07) is 0. The summed E-state index contributed by atoms with van der Waals surface area (Å²) in [6.45, 7) is 0. The molecule has 0 radical (unpaired) electrons. The van der Waals surface area contributed by atoms with Gasteiger partial charge in [0.15, 0.2) is 3.72 Å². The molecule has 2 N–H and O–H groups in total. The van der Waals surface area contributed by atoms with E-state index in [2.05, 4.69) is 27.7 Å². The Morgan fingerprint density at radius 3 is 2.83 bits per heavy atom. The highest BCUT2D eigenvalue weighted by Gasteiger charge is 1.92. The number of allylic oxidation sites excluding steroid dienone is 1. The average Bonchev–Trinajstić information content (AvgIpc) is 1.86. The van der Waals surface area contributed by atoms with Crippen LogP contribution in [0.4, 0.5) is 0 Å². The van der Waals surface area contributed by atoms with E-state index in [4.69, 9.17) is 0 Å². The summed E-state index contributed by atoms with van der Waals surface area (Å²) in [5, 5.41) is 3.90. The van der Waals surface area contributed by atoms with Gasteiger partial charge >= 0.3 is 0 Å². The van der Waals surface area contributed by atoms with Crippen molar-refractivity contribution in [3.8, 4) is 0 Å². The lowest BCUT2D eigenvalue weighted by atomic mass is 10.7. The molecule has 0 bridgehead atoms. The normalized spacial score (nSPS) is 18.5. The highest BCUT2D eigenvalue weighted by molar-refractivity contribution is 14.1. The second kappa shape index (κ2) is 1.70. The molecule has 0 aromatic carbocycles. The summed E-state index contributed by atoms with van der Waals surface area (Å²) in [6.07, 6.45) is 3.88. The molecule has 0 aromatic heterocycles. The monoisotopic (exact) mass is 195 g/mol. The quantitative estimate of drug-likeness (QED) is 0.410. The third kappa shape index (κ3) is 0.782. The number of hydrogen-bond acceptors (Lipinski definition) is 1. The van der Waals surface area contributed by atoms with Gasteiger partial charge in [0.2, 0.25) is 0 Å². The minimum atomic E-state index is 1.06. The molecule has 0 amide bonds. The molecule has 6 heavy (non-hydrogen) atoms. The SMILES string of the molecule is IC1=N[NH2+]C=C1. The smallest absolute Gasteiger partial charge is 0.162 e. The Morgan fingerprint density at radius 2 is 2.67 bits per heavy atom. The largest absolute Gasteiger partial charge is 0.193 e. The second-order valence-corrected chi connectivity index (χ2v) is 2.07. The standard InChI is InChI=1S/C3H3IN2/c4-3-1-2-5-6-3/h1-2H,(H,5,6)/p+1. The van der Waals surface area contributed by atoms with Crippen LogP contribution >= 0.6 is 22.6 Å². The maximum absolute atomic E-state index is 3.90. The zero-order valence-corrected chi connectivity index (χ0v) is 5.21. The van der Waals surface area contributed by atoms with Gasteiger partial charge in [0.05, 0.1) is 0 Å². The Morgan fingerprint density at radius 1 is 1.83 bits per heavy atom. The van der Waals surface area contributed by atoms with Crippen molar-refractivity contribution in [3.63, 3.8) is 0 Å². The van der Waals surface area contributed by atoms with Crippen molar-refractivity contribution in [2.45, 2.75) is 0 Å². The van der Waals surface area contributed by atoms with E-state index in [0.717, 1.165) is 3.72 Å². The first-order chi connectivity index (χ1) is 2.89. The number of nitrogens with two attached hydrogens (primary N) is 1. The molecule has 0 aromatic rings. The van der Waals surface area contributed by atoms with E-state index in [1.165, 1.54) is 0 Å². The lowest BCUT2D eigenvalue weighted by Crippen LogP contribution is -2.69. The van der Waals surface area contributed by atoms with Crippen molar-refractivity contribution in [2.24, 2.45) is 5.10 Å². The van der Waals surface area contributed by atoms with Crippen LogP contribution in [0.25, 0.3) is 0 Å². The fourth-order valence-corrected chi connectivity index (χ4v) is 0.648. The van der Waals surface area contributed by atoms with Crippen molar-refractivity contribution in [2.75, 3.05) is 0 Å². The number of rotatable bonds is 0. The highest BCUT2D eigenvalue weighted by atomic mass is 127. The topological polar surface area (TPSA) is 29.0 Å². The Kier molecular flexibility index (Phi) is 1.21. The van der Waals surface area contributed by atoms with Crippen LogP contribution in [0.15, 0.2) is 17.4 Å². The fraction of sp³-hybridized carbons (Fsp3) is 0. The van der Waals surface area contributed by atoms with Gasteiger partial charge in [0.25, 0.3) is 0 Å². The minimum absolute atomic E-state index is 1.06. The van der Waals surface area contributed by atoms with Crippen LogP contribution in [0.3, 0.4) is 0 Å². The van der Waals surface area contributed by atoms with Crippen LogP contribution in [-0.4, -0.2) is 3.72 Å². The van der Waals surface area contributed by atoms with E-state index < -0.39 is 0 Å². The Bertz CT molecular complexity index is 103. The molecule has 0 aliphatic carbocycles. The predicted octanol–water partition coefficient (Wildman–Crippen LogP) is -0.174. The van der Waals surface area contributed by atoms with Crippen LogP contribution in [0, 0.1) is 0 Å². The first kappa shape index (κ1) is 4.26. The van der Waals surface area contributed by atoms with Crippen LogP contribution < -0.4 is 5.43 Å². The molecule has 0 saturated carbocycles. The van der Waals surface area contributed by atoms with Crippen molar-refractivity contribution < 1.29 is 5.43 Å². The summed E-state index contributed by atoms with van der Waals surface area (Å²) in [5.74, 6) is 0. The molecule has 2 nitrogen and oxygen atoms in total. The lowest BCUT2D eigenvalue weighted by molar-refractivity contribution is -0.589. The Hall–Kier alpha value is 0.100. The second-order valence-electron chi connectivity index (χ2n) is 0.960. The molecule has 1 heterocycles. The number of nitrogens with zero attached hydrogens (tertiary/aromatic N) is 1. The van der Waals surface area contributed by atoms with E-state index in [0.29, 0.717) is 0 Å². The molecule has 32 valence electrons. The van der Waals surface area contributed by atoms with Crippen LogP contribution in [0.2, 0.25) is 0 Å². The molecule has 0 spiro atoms.